The van der Waals surface area contributed by atoms with Crippen LogP contribution in [0.1, 0.15) is 45.7 Å². The number of ketones is 1. The molecule has 1 fully saturated rings. The maximum atomic E-state index is 12.7. The zero-order valence-corrected chi connectivity index (χ0v) is 11.5. The van der Waals surface area contributed by atoms with E-state index < -0.39 is 29.2 Å². The van der Waals surface area contributed by atoms with Gasteiger partial charge >= 0.3 is 6.18 Å². The van der Waals surface area contributed by atoms with Crippen LogP contribution in [0.3, 0.4) is 0 Å². The number of aromatic nitrogens is 1. The first-order valence-corrected chi connectivity index (χ1v) is 6.96. The molecule has 2 aliphatic rings. The third-order valence-electron chi connectivity index (χ3n) is 4.14. The number of aryl methyl sites for hydroxylation is 1. The lowest BCUT2D eigenvalue weighted by Gasteiger charge is -2.41. The number of carbonyl (C=O) groups is 2. The molecule has 0 radical (unpaired) electrons. The van der Waals surface area contributed by atoms with Gasteiger partial charge in [0.1, 0.15) is 11.6 Å². The minimum absolute atomic E-state index is 0.0481. The van der Waals surface area contributed by atoms with Gasteiger partial charge in [-0.25, -0.2) is 0 Å². The number of hydrogen-bond donors (Lipinski definition) is 1. The Bertz CT molecular complexity index is 708. The Morgan fingerprint density at radius 1 is 1.27 bits per heavy atom. The molecular weight excluding hydrogens is 301 g/mol. The standard InChI is InChI=1S/C14H13F3N2O3/c15-14(16,17)11-4-5-19(11)13(22)8-6-7-9(18-12(8)21)2-1-3-10(7)20/h6,11H,1-5H2,(H,18,21). The molecule has 1 aromatic heterocycles. The van der Waals surface area contributed by atoms with Gasteiger partial charge in [0.05, 0.1) is 0 Å². The first-order chi connectivity index (χ1) is 10.3. The molecule has 2 heterocycles. The number of rotatable bonds is 1. The highest BCUT2D eigenvalue weighted by molar-refractivity contribution is 6.01. The van der Waals surface area contributed by atoms with E-state index in [2.05, 4.69) is 4.98 Å². The molecule has 1 aromatic rings. The van der Waals surface area contributed by atoms with E-state index in [9.17, 15) is 27.6 Å². The number of pyridine rings is 1. The Hall–Kier alpha value is -2.12. The quantitative estimate of drug-likeness (QED) is 0.857. The van der Waals surface area contributed by atoms with Crippen LogP contribution in [0.4, 0.5) is 13.2 Å². The summed E-state index contributed by atoms with van der Waals surface area (Å²) in [5.41, 5.74) is -0.457. The second kappa shape index (κ2) is 4.96. The molecule has 1 aliphatic heterocycles. The highest BCUT2D eigenvalue weighted by Crippen LogP contribution is 2.34. The molecule has 0 saturated carbocycles. The highest BCUT2D eigenvalue weighted by Gasteiger charge is 2.51. The lowest BCUT2D eigenvalue weighted by Crippen LogP contribution is -2.58. The predicted molar refractivity (Wildman–Crippen MR) is 69.8 cm³/mol. The van der Waals surface area contributed by atoms with Gasteiger partial charge in [-0.1, -0.05) is 0 Å². The van der Waals surface area contributed by atoms with Gasteiger partial charge in [-0.3, -0.25) is 14.4 Å². The summed E-state index contributed by atoms with van der Waals surface area (Å²) in [4.78, 5) is 39.0. The van der Waals surface area contributed by atoms with Crippen LogP contribution < -0.4 is 5.56 Å². The van der Waals surface area contributed by atoms with Gasteiger partial charge in [0.25, 0.3) is 11.5 Å². The largest absolute Gasteiger partial charge is 0.408 e. The zero-order chi connectivity index (χ0) is 16.1. The fraction of sp³-hybridized carbons (Fsp3) is 0.500. The molecule has 3 rings (SSSR count). The maximum absolute atomic E-state index is 12.7. The molecule has 118 valence electrons. The van der Waals surface area contributed by atoms with Crippen LogP contribution in [0, 0.1) is 0 Å². The van der Waals surface area contributed by atoms with Crippen LogP contribution in [-0.4, -0.2) is 40.3 Å². The SMILES string of the molecule is O=C1CCCc2[nH]c(=O)c(C(=O)N3CCC3C(F)(F)F)cc21. The van der Waals surface area contributed by atoms with Gasteiger partial charge in [0, 0.05) is 24.2 Å². The lowest BCUT2D eigenvalue weighted by molar-refractivity contribution is -0.199. The molecule has 22 heavy (non-hydrogen) atoms. The topological polar surface area (TPSA) is 70.2 Å². The number of H-pyrrole nitrogens is 1. The first-order valence-electron chi connectivity index (χ1n) is 6.96. The van der Waals surface area contributed by atoms with Crippen molar-refractivity contribution in [1.82, 2.24) is 9.88 Å². The highest BCUT2D eigenvalue weighted by atomic mass is 19.4. The van der Waals surface area contributed by atoms with Crippen LogP contribution in [0.25, 0.3) is 0 Å². The van der Waals surface area contributed by atoms with E-state index in [-0.39, 0.29) is 24.3 Å². The molecule has 1 aliphatic carbocycles. The summed E-state index contributed by atoms with van der Waals surface area (Å²) in [7, 11) is 0. The number of fused-ring (bicyclic) bond motifs is 1. The summed E-state index contributed by atoms with van der Waals surface area (Å²) in [5, 5.41) is 0. The molecular formula is C14H13F3N2O3. The first kappa shape index (κ1) is 14.8. The predicted octanol–water partition coefficient (Wildman–Crippen LogP) is 1.67. The monoisotopic (exact) mass is 314 g/mol. The molecule has 0 aromatic carbocycles. The molecule has 1 N–H and O–H groups in total. The van der Waals surface area contributed by atoms with Gasteiger partial charge < -0.3 is 9.88 Å². The Kier molecular flexibility index (Phi) is 3.34. The maximum Gasteiger partial charge on any atom is 0.408 e. The third kappa shape index (κ3) is 2.32. The van der Waals surface area contributed by atoms with Crippen LogP contribution in [0.2, 0.25) is 0 Å². The van der Waals surface area contributed by atoms with Gasteiger partial charge in [0.2, 0.25) is 0 Å². The Labute approximate surface area is 123 Å². The summed E-state index contributed by atoms with van der Waals surface area (Å²) in [6, 6.07) is -0.713. The number of halogens is 3. The smallest absolute Gasteiger partial charge is 0.326 e. The number of amides is 1. The number of nitrogens with zero attached hydrogens (tertiary/aromatic N) is 1. The van der Waals surface area contributed by atoms with Crippen molar-refractivity contribution in [3.05, 3.63) is 33.2 Å². The second-order valence-corrected chi connectivity index (χ2v) is 5.53. The van der Waals surface area contributed by atoms with Gasteiger partial charge in [-0.05, 0) is 25.3 Å². The van der Waals surface area contributed by atoms with E-state index in [1.54, 1.807) is 0 Å². The summed E-state index contributed by atoms with van der Waals surface area (Å²) in [6.07, 6.45) is -3.25. The average Bonchev–Trinajstić information content (AvgIpc) is 2.34. The summed E-state index contributed by atoms with van der Waals surface area (Å²) >= 11 is 0. The van der Waals surface area contributed by atoms with Gasteiger partial charge in [-0.15, -0.1) is 0 Å². The minimum Gasteiger partial charge on any atom is -0.326 e. The molecule has 5 nitrogen and oxygen atoms in total. The molecule has 1 atom stereocenters. The normalized spacial score (nSPS) is 21.3. The minimum atomic E-state index is -4.51. The number of aromatic amines is 1. The van der Waals surface area contributed by atoms with Crippen molar-refractivity contribution in [3.8, 4) is 0 Å². The molecule has 1 amide bonds. The van der Waals surface area contributed by atoms with Crippen LogP contribution in [0.15, 0.2) is 10.9 Å². The number of alkyl halides is 3. The van der Waals surface area contributed by atoms with Gasteiger partial charge in [-0.2, -0.15) is 13.2 Å². The lowest BCUT2D eigenvalue weighted by atomic mass is 9.93. The van der Waals surface area contributed by atoms with Crippen molar-refractivity contribution < 1.29 is 22.8 Å². The van der Waals surface area contributed by atoms with Crippen molar-refractivity contribution in [2.45, 2.75) is 37.9 Å². The molecule has 0 spiro atoms. The van der Waals surface area contributed by atoms with E-state index in [0.717, 1.165) is 6.07 Å². The fourth-order valence-electron chi connectivity index (χ4n) is 2.86. The van der Waals surface area contributed by atoms with Crippen molar-refractivity contribution >= 4 is 11.7 Å². The van der Waals surface area contributed by atoms with Crippen LogP contribution in [0.5, 0.6) is 0 Å². The zero-order valence-electron chi connectivity index (χ0n) is 11.5. The molecule has 8 heteroatoms. The Morgan fingerprint density at radius 2 is 2.00 bits per heavy atom. The number of carbonyl (C=O) groups excluding carboxylic acids is 2. The van der Waals surface area contributed by atoms with E-state index in [1.165, 1.54) is 0 Å². The van der Waals surface area contributed by atoms with Gasteiger partial charge in [0.15, 0.2) is 5.78 Å². The molecule has 1 saturated heterocycles. The van der Waals surface area contributed by atoms with E-state index >= 15 is 0 Å². The summed E-state index contributed by atoms with van der Waals surface area (Å²) in [6.45, 7) is -0.0481. The van der Waals surface area contributed by atoms with E-state index in [4.69, 9.17) is 0 Å². The summed E-state index contributed by atoms with van der Waals surface area (Å²) < 4.78 is 38.2. The van der Waals surface area contributed by atoms with E-state index in [1.807, 2.05) is 0 Å². The number of likely N-dealkylation sites (tertiary alicyclic amines) is 1. The van der Waals surface area contributed by atoms with Crippen molar-refractivity contribution in [2.75, 3.05) is 6.54 Å². The van der Waals surface area contributed by atoms with E-state index in [0.29, 0.717) is 29.9 Å². The van der Waals surface area contributed by atoms with Crippen molar-refractivity contribution in [3.63, 3.8) is 0 Å². The third-order valence-corrected chi connectivity index (χ3v) is 4.14. The summed E-state index contributed by atoms with van der Waals surface area (Å²) in [5.74, 6) is -1.18. The van der Waals surface area contributed by atoms with Crippen LogP contribution >= 0.6 is 0 Å². The average molecular weight is 314 g/mol. The second-order valence-electron chi connectivity index (χ2n) is 5.53. The molecule has 0 bridgehead atoms. The fourth-order valence-corrected chi connectivity index (χ4v) is 2.86. The molecule has 1 unspecified atom stereocenters. The number of hydrogen-bond acceptors (Lipinski definition) is 3. The van der Waals surface area contributed by atoms with Crippen molar-refractivity contribution in [2.24, 2.45) is 0 Å². The number of Topliss-reactive ketones (excluding diaryl/α,β-unsaturated/α-hetero) is 1. The Balaban J connectivity index is 1.95. The van der Waals surface area contributed by atoms with Crippen molar-refractivity contribution in [1.29, 1.82) is 0 Å². The number of nitrogens with one attached hydrogen (secondary N) is 1. The van der Waals surface area contributed by atoms with Crippen LogP contribution in [-0.2, 0) is 6.42 Å². The Morgan fingerprint density at radius 3 is 2.59 bits per heavy atom.